The van der Waals surface area contributed by atoms with Crippen LogP contribution >= 0.6 is 11.8 Å². The highest BCUT2D eigenvalue weighted by Gasteiger charge is 2.39. The van der Waals surface area contributed by atoms with E-state index >= 15 is 0 Å². The summed E-state index contributed by atoms with van der Waals surface area (Å²) < 4.78 is 30.4. The number of nitrogens with zero attached hydrogens (tertiary/aromatic N) is 4. The van der Waals surface area contributed by atoms with Crippen LogP contribution in [0.4, 0.5) is 0 Å². The highest BCUT2D eigenvalue weighted by molar-refractivity contribution is 7.99. The molecule has 0 aromatic carbocycles. The molecule has 0 radical (unpaired) electrons. The van der Waals surface area contributed by atoms with Gasteiger partial charge in [0.2, 0.25) is 21.8 Å². The predicted molar refractivity (Wildman–Crippen MR) is 84.4 cm³/mol. The molecule has 0 N–H and O–H groups in total. The number of piperidine rings is 1. The first-order valence-electron chi connectivity index (χ1n) is 7.50. The van der Waals surface area contributed by atoms with Gasteiger partial charge in [0, 0.05) is 32.6 Å². The Bertz CT molecular complexity index is 690. The van der Waals surface area contributed by atoms with Crippen molar-refractivity contribution >= 4 is 27.7 Å². The maximum atomic E-state index is 12.5. The largest absolute Gasteiger partial charge is 0.416 e. The van der Waals surface area contributed by atoms with Gasteiger partial charge in [-0.15, -0.1) is 10.2 Å². The van der Waals surface area contributed by atoms with Crippen molar-refractivity contribution in [2.75, 3.05) is 31.6 Å². The van der Waals surface area contributed by atoms with Gasteiger partial charge in [0.15, 0.2) is 0 Å². The molecule has 3 aliphatic rings. The quantitative estimate of drug-likeness (QED) is 0.715. The summed E-state index contributed by atoms with van der Waals surface area (Å²) in [5.41, 5.74) is 0. The van der Waals surface area contributed by atoms with Gasteiger partial charge in [-0.3, -0.25) is 4.79 Å². The summed E-state index contributed by atoms with van der Waals surface area (Å²) in [5.74, 6) is 0.903. The summed E-state index contributed by atoms with van der Waals surface area (Å²) >= 11 is 1.22. The van der Waals surface area contributed by atoms with Crippen LogP contribution in [-0.4, -0.2) is 71.4 Å². The lowest BCUT2D eigenvalue weighted by atomic mass is 9.95. The lowest BCUT2D eigenvalue weighted by Crippen LogP contribution is -2.48. The smallest absolute Gasteiger partial charge is 0.277 e. The Kier molecular flexibility index (Phi) is 4.65. The minimum atomic E-state index is -3.22. The standard InChI is InChI=1S/C13H20N4O4S2/c1-9-14-15-13(21-9)22-8-12(18)17-6-10-3-4-11(17)7-16(5-10)23(2,19)20/h10-11H,3-8H2,1-2H3/t10-,11+/m0/s1. The summed E-state index contributed by atoms with van der Waals surface area (Å²) in [6.07, 6.45) is 3.06. The van der Waals surface area contributed by atoms with Crippen LogP contribution in [0.3, 0.4) is 0 Å². The summed E-state index contributed by atoms with van der Waals surface area (Å²) in [5, 5.41) is 7.98. The normalized spacial score (nSPS) is 25.6. The molecular formula is C13H20N4O4S2. The molecule has 3 saturated heterocycles. The van der Waals surface area contributed by atoms with E-state index in [4.69, 9.17) is 4.42 Å². The molecule has 4 heterocycles. The molecule has 8 nitrogen and oxygen atoms in total. The van der Waals surface area contributed by atoms with Gasteiger partial charge in [0.1, 0.15) is 0 Å². The van der Waals surface area contributed by atoms with E-state index in [1.165, 1.54) is 22.3 Å². The highest BCUT2D eigenvalue weighted by atomic mass is 32.2. The third-order valence-electron chi connectivity index (χ3n) is 4.30. The van der Waals surface area contributed by atoms with Crippen molar-refractivity contribution in [3.8, 4) is 0 Å². The molecule has 1 aromatic rings. The highest BCUT2D eigenvalue weighted by Crippen LogP contribution is 2.30. The monoisotopic (exact) mass is 360 g/mol. The molecule has 128 valence electrons. The van der Waals surface area contributed by atoms with Gasteiger partial charge >= 0.3 is 0 Å². The predicted octanol–water partition coefficient (Wildman–Crippen LogP) is 0.353. The Labute approximate surface area is 139 Å². The van der Waals surface area contributed by atoms with E-state index in [0.717, 1.165) is 12.8 Å². The van der Waals surface area contributed by atoms with Gasteiger partial charge in [-0.25, -0.2) is 8.42 Å². The summed E-state index contributed by atoms with van der Waals surface area (Å²) in [6.45, 7) is 3.23. The number of thioether (sulfide) groups is 1. The summed E-state index contributed by atoms with van der Waals surface area (Å²) in [7, 11) is -3.22. The molecule has 0 saturated carbocycles. The van der Waals surface area contributed by atoms with Gasteiger partial charge in [-0.1, -0.05) is 11.8 Å². The van der Waals surface area contributed by atoms with Crippen molar-refractivity contribution in [2.45, 2.75) is 31.0 Å². The van der Waals surface area contributed by atoms with Crippen molar-refractivity contribution in [1.82, 2.24) is 19.4 Å². The number of amides is 1. The number of aryl methyl sites for hydroxylation is 1. The molecule has 3 fully saturated rings. The Hall–Kier alpha value is -1.13. The number of rotatable bonds is 4. The van der Waals surface area contributed by atoms with E-state index in [9.17, 15) is 13.2 Å². The number of sulfonamides is 1. The van der Waals surface area contributed by atoms with Crippen molar-refractivity contribution in [3.05, 3.63) is 5.89 Å². The lowest BCUT2D eigenvalue weighted by molar-refractivity contribution is -0.132. The van der Waals surface area contributed by atoms with Gasteiger partial charge in [0.05, 0.1) is 12.0 Å². The van der Waals surface area contributed by atoms with Crippen LogP contribution in [0, 0.1) is 12.8 Å². The first kappa shape index (κ1) is 16.7. The maximum Gasteiger partial charge on any atom is 0.277 e. The van der Waals surface area contributed by atoms with Crippen LogP contribution in [0.25, 0.3) is 0 Å². The average Bonchev–Trinajstić information content (AvgIpc) is 2.71. The number of carbonyl (C=O) groups excluding carboxylic acids is 1. The molecule has 0 aliphatic carbocycles. The molecule has 0 unspecified atom stereocenters. The van der Waals surface area contributed by atoms with E-state index < -0.39 is 10.0 Å². The fourth-order valence-electron chi connectivity index (χ4n) is 3.16. The topological polar surface area (TPSA) is 96.6 Å². The van der Waals surface area contributed by atoms with Crippen LogP contribution in [-0.2, 0) is 14.8 Å². The van der Waals surface area contributed by atoms with Crippen molar-refractivity contribution in [1.29, 1.82) is 0 Å². The fraction of sp³-hybridized carbons (Fsp3) is 0.769. The van der Waals surface area contributed by atoms with Gasteiger partial charge in [-0.05, 0) is 18.8 Å². The van der Waals surface area contributed by atoms with Crippen LogP contribution in [0.5, 0.6) is 0 Å². The number of hydrogen-bond acceptors (Lipinski definition) is 7. The SMILES string of the molecule is Cc1nnc(SCC(=O)N2C[C@H]3CC[C@@H]2CN(S(C)(=O)=O)C3)o1. The summed E-state index contributed by atoms with van der Waals surface area (Å²) in [6, 6.07) is -0.0407. The molecule has 1 aromatic heterocycles. The fourth-order valence-corrected chi connectivity index (χ4v) is 4.77. The van der Waals surface area contributed by atoms with E-state index in [1.54, 1.807) is 6.92 Å². The second-order valence-corrected chi connectivity index (χ2v) is 9.01. The zero-order valence-electron chi connectivity index (χ0n) is 13.1. The molecule has 4 rings (SSSR count). The molecule has 0 spiro atoms. The zero-order valence-corrected chi connectivity index (χ0v) is 14.8. The second kappa shape index (κ2) is 6.40. The van der Waals surface area contributed by atoms with Crippen LogP contribution in [0.2, 0.25) is 0 Å². The minimum absolute atomic E-state index is 0.00379. The van der Waals surface area contributed by atoms with Crippen LogP contribution in [0.1, 0.15) is 18.7 Å². The summed E-state index contributed by atoms with van der Waals surface area (Å²) in [4.78, 5) is 14.4. The lowest BCUT2D eigenvalue weighted by Gasteiger charge is -2.36. The minimum Gasteiger partial charge on any atom is -0.416 e. The van der Waals surface area contributed by atoms with Crippen molar-refractivity contribution < 1.29 is 17.6 Å². The first-order valence-corrected chi connectivity index (χ1v) is 10.3. The van der Waals surface area contributed by atoms with E-state index in [1.807, 2.05) is 4.90 Å². The van der Waals surface area contributed by atoms with E-state index in [2.05, 4.69) is 10.2 Å². The van der Waals surface area contributed by atoms with Gasteiger partial charge < -0.3 is 9.32 Å². The Morgan fingerprint density at radius 2 is 2.09 bits per heavy atom. The number of fused-ring (bicyclic) bond motifs is 4. The molecule has 10 heteroatoms. The molecular weight excluding hydrogens is 340 g/mol. The molecule has 2 bridgehead atoms. The molecule has 23 heavy (non-hydrogen) atoms. The Morgan fingerprint density at radius 3 is 2.74 bits per heavy atom. The maximum absolute atomic E-state index is 12.5. The Morgan fingerprint density at radius 1 is 1.30 bits per heavy atom. The second-order valence-electron chi connectivity index (χ2n) is 6.10. The van der Waals surface area contributed by atoms with E-state index in [0.29, 0.717) is 30.7 Å². The van der Waals surface area contributed by atoms with E-state index in [-0.39, 0.29) is 23.6 Å². The first-order chi connectivity index (χ1) is 10.8. The third kappa shape index (κ3) is 3.86. The number of carbonyl (C=O) groups is 1. The van der Waals surface area contributed by atoms with Gasteiger partial charge in [0.25, 0.3) is 5.22 Å². The van der Waals surface area contributed by atoms with Crippen molar-refractivity contribution in [2.24, 2.45) is 5.92 Å². The number of aromatic nitrogens is 2. The van der Waals surface area contributed by atoms with Crippen LogP contribution in [0.15, 0.2) is 9.64 Å². The Balaban J connectivity index is 1.65. The zero-order chi connectivity index (χ0) is 16.6. The molecule has 2 atom stereocenters. The van der Waals surface area contributed by atoms with Gasteiger partial charge in [-0.2, -0.15) is 4.31 Å². The van der Waals surface area contributed by atoms with Crippen molar-refractivity contribution in [3.63, 3.8) is 0 Å². The van der Waals surface area contributed by atoms with Crippen LogP contribution < -0.4 is 0 Å². The molecule has 1 amide bonds. The number of hydrogen-bond donors (Lipinski definition) is 0. The average molecular weight is 360 g/mol. The third-order valence-corrected chi connectivity index (χ3v) is 6.34. The molecule has 3 aliphatic heterocycles.